The topological polar surface area (TPSA) is 41.6 Å². The Morgan fingerprint density at radius 2 is 1.66 bits per heavy atom. The summed E-state index contributed by atoms with van der Waals surface area (Å²) in [6.07, 6.45) is 6.35. The van der Waals surface area contributed by atoms with Crippen molar-refractivity contribution in [2.24, 2.45) is 5.41 Å². The Hall–Kier alpha value is -3.08. The number of hydrogen-bond acceptors (Lipinski definition) is 3. The number of hydrogen-bond donors (Lipinski definition) is 1. The molecule has 4 rings (SSSR count). The second kappa shape index (κ2) is 12.6. The van der Waals surface area contributed by atoms with Crippen LogP contribution in [0.3, 0.4) is 0 Å². The highest BCUT2D eigenvalue weighted by Crippen LogP contribution is 2.32. The summed E-state index contributed by atoms with van der Waals surface area (Å²) >= 11 is 6.52. The number of benzene rings is 3. The van der Waals surface area contributed by atoms with E-state index in [2.05, 4.69) is 78.7 Å². The van der Waals surface area contributed by atoms with E-state index in [9.17, 15) is 4.79 Å². The Labute approximate surface area is 232 Å². The van der Waals surface area contributed by atoms with Gasteiger partial charge in [-0.05, 0) is 80.1 Å². The van der Waals surface area contributed by atoms with Crippen LogP contribution in [0, 0.1) is 5.41 Å². The first-order valence-electron chi connectivity index (χ1n) is 13.4. The van der Waals surface area contributed by atoms with Crippen LogP contribution in [-0.4, -0.2) is 44.1 Å². The number of amides is 1. The van der Waals surface area contributed by atoms with Crippen molar-refractivity contribution in [2.75, 3.05) is 27.2 Å². The predicted octanol–water partition coefficient (Wildman–Crippen LogP) is 7.73. The van der Waals surface area contributed by atoms with Gasteiger partial charge in [0.15, 0.2) is 0 Å². The molecular formula is C33H39ClN2O2. The summed E-state index contributed by atoms with van der Waals surface area (Å²) in [6.45, 7) is 5.77. The predicted molar refractivity (Wildman–Crippen MR) is 159 cm³/mol. The van der Waals surface area contributed by atoms with Gasteiger partial charge in [0.05, 0.1) is 11.1 Å². The van der Waals surface area contributed by atoms with Crippen molar-refractivity contribution in [3.63, 3.8) is 0 Å². The lowest BCUT2D eigenvalue weighted by atomic mass is 9.91. The number of carbonyl (C=O) groups is 1. The monoisotopic (exact) mass is 530 g/mol. The third-order valence-corrected chi connectivity index (χ3v) is 7.22. The van der Waals surface area contributed by atoms with Gasteiger partial charge in [-0.3, -0.25) is 4.79 Å². The number of carbonyl (C=O) groups excluding carboxylic acids is 1. The molecule has 1 N–H and O–H groups in total. The van der Waals surface area contributed by atoms with E-state index in [1.807, 2.05) is 26.2 Å². The lowest BCUT2D eigenvalue weighted by Gasteiger charge is -2.28. The Balaban J connectivity index is 1.28. The molecule has 1 saturated carbocycles. The van der Waals surface area contributed by atoms with Crippen LogP contribution in [0.1, 0.15) is 55.5 Å². The summed E-state index contributed by atoms with van der Waals surface area (Å²) in [7, 11) is 4.08. The highest BCUT2D eigenvalue weighted by molar-refractivity contribution is 6.32. The molecule has 0 bridgehead atoms. The molecule has 1 aliphatic rings. The largest absolute Gasteiger partial charge is 0.489 e. The zero-order valence-corrected chi connectivity index (χ0v) is 23.7. The normalized spacial score (nSPS) is 15.8. The Kier molecular flexibility index (Phi) is 9.30. The maximum atomic E-state index is 12.7. The molecule has 5 heteroatoms. The molecule has 0 unspecified atom stereocenters. The fourth-order valence-electron chi connectivity index (χ4n) is 5.11. The maximum Gasteiger partial charge on any atom is 0.251 e. The average molecular weight is 531 g/mol. The first-order chi connectivity index (χ1) is 18.2. The molecule has 1 amide bonds. The fraction of sp³-hybridized carbons (Fsp3) is 0.364. The van der Waals surface area contributed by atoms with E-state index in [0.717, 1.165) is 32.2 Å². The van der Waals surface area contributed by atoms with Crippen molar-refractivity contribution in [1.29, 1.82) is 0 Å². The number of rotatable bonds is 9. The van der Waals surface area contributed by atoms with E-state index in [-0.39, 0.29) is 17.4 Å². The molecule has 0 atom stereocenters. The van der Waals surface area contributed by atoms with Gasteiger partial charge in [-0.15, -0.1) is 0 Å². The van der Waals surface area contributed by atoms with Crippen molar-refractivity contribution in [2.45, 2.75) is 45.6 Å². The molecule has 3 aromatic carbocycles. The van der Waals surface area contributed by atoms with Gasteiger partial charge in [0, 0.05) is 18.7 Å². The van der Waals surface area contributed by atoms with Crippen LogP contribution in [0.15, 0.2) is 78.4 Å². The number of allylic oxidation sites excluding steroid dienone is 1. The van der Waals surface area contributed by atoms with E-state index < -0.39 is 0 Å². The van der Waals surface area contributed by atoms with Crippen molar-refractivity contribution in [1.82, 2.24) is 10.2 Å². The number of halogens is 1. The van der Waals surface area contributed by atoms with Gasteiger partial charge in [0.1, 0.15) is 5.75 Å². The summed E-state index contributed by atoms with van der Waals surface area (Å²) < 4.78 is 6.25. The molecule has 1 aliphatic carbocycles. The zero-order valence-electron chi connectivity index (χ0n) is 23.0. The molecule has 0 aliphatic heterocycles. The lowest BCUT2D eigenvalue weighted by molar-refractivity contribution is 0.0929. The van der Waals surface area contributed by atoms with Crippen LogP contribution >= 0.6 is 11.6 Å². The maximum absolute atomic E-state index is 12.7. The Morgan fingerprint density at radius 1 is 1.00 bits per heavy atom. The molecule has 1 fully saturated rings. The molecule has 0 spiro atoms. The number of nitrogens with one attached hydrogen (secondary N) is 1. The number of ether oxygens (including phenoxy) is 1. The quantitative estimate of drug-likeness (QED) is 0.308. The van der Waals surface area contributed by atoms with Crippen LogP contribution in [0.5, 0.6) is 5.75 Å². The van der Waals surface area contributed by atoms with Crippen molar-refractivity contribution >= 4 is 23.6 Å². The van der Waals surface area contributed by atoms with E-state index in [1.165, 1.54) is 22.3 Å². The van der Waals surface area contributed by atoms with Crippen molar-refractivity contribution in [3.05, 3.63) is 94.5 Å². The first-order valence-corrected chi connectivity index (χ1v) is 13.8. The van der Waals surface area contributed by atoms with Crippen molar-refractivity contribution < 1.29 is 9.53 Å². The van der Waals surface area contributed by atoms with Gasteiger partial charge < -0.3 is 15.0 Å². The highest BCUT2D eigenvalue weighted by Gasteiger charge is 2.22. The standard InChI is InChI=1S/C33H39ClN2O2/c1-33(2,23-36(3)4)22-35-32(37)28-16-19-31(30(34)21-28)38-29-17-12-25(13-18-29)20-24-10-14-27(15-11-24)26-8-6-5-7-9-26/h5-11,14-16,19-21,29H,12-13,17-18,22-23H2,1-4H3,(H,35,37). The summed E-state index contributed by atoms with van der Waals surface area (Å²) in [5.41, 5.74) is 5.69. The van der Waals surface area contributed by atoms with Crippen LogP contribution in [0.4, 0.5) is 0 Å². The highest BCUT2D eigenvalue weighted by atomic mass is 35.5. The molecule has 38 heavy (non-hydrogen) atoms. The second-order valence-corrected chi connectivity index (χ2v) is 11.7. The number of nitrogens with zero attached hydrogens (tertiary/aromatic N) is 1. The Bertz CT molecular complexity index is 1240. The minimum atomic E-state index is -0.116. The molecule has 3 aromatic rings. The third kappa shape index (κ3) is 7.96. The fourth-order valence-corrected chi connectivity index (χ4v) is 5.34. The smallest absolute Gasteiger partial charge is 0.251 e. The lowest BCUT2D eigenvalue weighted by Crippen LogP contribution is -2.39. The van der Waals surface area contributed by atoms with Gasteiger partial charge in [-0.2, -0.15) is 0 Å². The summed E-state index contributed by atoms with van der Waals surface area (Å²) in [5, 5.41) is 3.51. The van der Waals surface area contributed by atoms with Gasteiger partial charge in [0.2, 0.25) is 0 Å². The van der Waals surface area contributed by atoms with E-state index >= 15 is 0 Å². The van der Waals surface area contributed by atoms with E-state index in [0.29, 0.717) is 22.9 Å². The van der Waals surface area contributed by atoms with Gasteiger partial charge in [-0.25, -0.2) is 0 Å². The molecule has 0 aromatic heterocycles. The first kappa shape index (κ1) is 27.9. The van der Waals surface area contributed by atoms with E-state index in [1.54, 1.807) is 12.1 Å². The van der Waals surface area contributed by atoms with Gasteiger partial charge in [0.25, 0.3) is 5.91 Å². The minimum absolute atomic E-state index is 0.0219. The van der Waals surface area contributed by atoms with Gasteiger partial charge in [-0.1, -0.05) is 91.7 Å². The minimum Gasteiger partial charge on any atom is -0.489 e. The Morgan fingerprint density at radius 3 is 2.29 bits per heavy atom. The average Bonchev–Trinajstić information content (AvgIpc) is 2.90. The molecule has 0 radical (unpaired) electrons. The molecule has 0 heterocycles. The van der Waals surface area contributed by atoms with Crippen LogP contribution in [-0.2, 0) is 0 Å². The van der Waals surface area contributed by atoms with Crippen LogP contribution in [0.2, 0.25) is 5.02 Å². The molecule has 0 saturated heterocycles. The molecular weight excluding hydrogens is 492 g/mol. The molecule has 4 nitrogen and oxygen atoms in total. The van der Waals surface area contributed by atoms with Gasteiger partial charge >= 0.3 is 0 Å². The van der Waals surface area contributed by atoms with Crippen LogP contribution < -0.4 is 10.1 Å². The third-order valence-electron chi connectivity index (χ3n) is 6.92. The summed E-state index contributed by atoms with van der Waals surface area (Å²) in [6, 6.07) is 24.5. The molecule has 200 valence electrons. The van der Waals surface area contributed by atoms with E-state index in [4.69, 9.17) is 16.3 Å². The second-order valence-electron chi connectivity index (χ2n) is 11.3. The SMILES string of the molecule is CN(C)CC(C)(C)CNC(=O)c1ccc(OC2CCC(=Cc3ccc(-c4ccccc4)cc3)CC2)c(Cl)c1. The zero-order chi connectivity index (χ0) is 27.1. The van der Waals surface area contributed by atoms with Crippen molar-refractivity contribution in [3.8, 4) is 16.9 Å². The summed E-state index contributed by atoms with van der Waals surface area (Å²) in [4.78, 5) is 14.8. The van der Waals surface area contributed by atoms with Crippen LogP contribution in [0.25, 0.3) is 17.2 Å². The summed E-state index contributed by atoms with van der Waals surface area (Å²) in [5.74, 6) is 0.527.